The van der Waals surface area contributed by atoms with Crippen LogP contribution in [0, 0.1) is 6.92 Å². The molecule has 1 N–H and O–H groups in total. The molecule has 3 heteroatoms. The van der Waals surface area contributed by atoms with Crippen molar-refractivity contribution in [2.75, 3.05) is 11.9 Å². The van der Waals surface area contributed by atoms with Gasteiger partial charge in [0.05, 0.1) is 0 Å². The summed E-state index contributed by atoms with van der Waals surface area (Å²) in [4.78, 5) is 12.1. The van der Waals surface area contributed by atoms with Gasteiger partial charge in [0.15, 0.2) is 0 Å². The Balaban J connectivity index is 2.19. The molecular weight excluding hydrogens is 226 g/mol. The lowest BCUT2D eigenvalue weighted by Crippen LogP contribution is -2.27. The number of ether oxygens (including phenoxy) is 1. The molecule has 0 bridgehead atoms. The van der Waals surface area contributed by atoms with Crippen LogP contribution in [0.25, 0.3) is 0 Å². The highest BCUT2D eigenvalue weighted by Gasteiger charge is 2.24. The molecule has 1 aromatic carbocycles. The third-order valence-corrected chi connectivity index (χ3v) is 3.40. The van der Waals surface area contributed by atoms with Gasteiger partial charge < -0.3 is 10.1 Å². The Labute approximate surface area is 109 Å². The number of anilines is 1. The maximum absolute atomic E-state index is 12.1. The van der Waals surface area contributed by atoms with Crippen LogP contribution in [0.1, 0.15) is 43.7 Å². The van der Waals surface area contributed by atoms with Crippen LogP contribution in [-0.2, 0) is 9.53 Å². The average Bonchev–Trinajstić information content (AvgIpc) is 2.85. The van der Waals surface area contributed by atoms with Gasteiger partial charge in [0.25, 0.3) is 5.91 Å². The lowest BCUT2D eigenvalue weighted by atomic mass is 9.98. The van der Waals surface area contributed by atoms with Gasteiger partial charge in [-0.3, -0.25) is 4.79 Å². The molecule has 98 valence electrons. The first-order valence-electron chi connectivity index (χ1n) is 6.61. The van der Waals surface area contributed by atoms with E-state index in [-0.39, 0.29) is 12.0 Å². The smallest absolute Gasteiger partial charge is 0.253 e. The van der Waals surface area contributed by atoms with Crippen molar-refractivity contribution in [3.63, 3.8) is 0 Å². The van der Waals surface area contributed by atoms with Crippen molar-refractivity contribution in [3.05, 3.63) is 29.3 Å². The van der Waals surface area contributed by atoms with Crippen LogP contribution in [0.15, 0.2) is 18.2 Å². The molecule has 0 radical (unpaired) electrons. The number of benzene rings is 1. The molecule has 0 saturated carbocycles. The zero-order valence-corrected chi connectivity index (χ0v) is 11.3. The number of para-hydroxylation sites is 1. The first-order chi connectivity index (χ1) is 8.59. The first-order valence-corrected chi connectivity index (χ1v) is 6.61. The van der Waals surface area contributed by atoms with Crippen molar-refractivity contribution in [3.8, 4) is 0 Å². The van der Waals surface area contributed by atoms with E-state index in [2.05, 4.69) is 25.2 Å². The van der Waals surface area contributed by atoms with Gasteiger partial charge in [-0.15, -0.1) is 0 Å². The summed E-state index contributed by atoms with van der Waals surface area (Å²) in [6.07, 6.45) is 1.53. The number of hydrogen-bond acceptors (Lipinski definition) is 2. The zero-order valence-electron chi connectivity index (χ0n) is 11.3. The highest BCUT2D eigenvalue weighted by Crippen LogP contribution is 2.28. The van der Waals surface area contributed by atoms with Crippen LogP contribution < -0.4 is 5.32 Å². The molecule has 1 amide bonds. The maximum Gasteiger partial charge on any atom is 0.253 e. The molecule has 1 aliphatic heterocycles. The van der Waals surface area contributed by atoms with Gasteiger partial charge in [-0.25, -0.2) is 0 Å². The maximum atomic E-state index is 12.1. The molecule has 1 atom stereocenters. The summed E-state index contributed by atoms with van der Waals surface area (Å²) in [6.45, 7) is 6.99. The van der Waals surface area contributed by atoms with E-state index in [1.54, 1.807) is 0 Å². The van der Waals surface area contributed by atoms with E-state index >= 15 is 0 Å². The summed E-state index contributed by atoms with van der Waals surface area (Å²) < 4.78 is 5.42. The van der Waals surface area contributed by atoms with Crippen LogP contribution in [0.3, 0.4) is 0 Å². The molecule has 3 nitrogen and oxygen atoms in total. The fourth-order valence-corrected chi connectivity index (χ4v) is 2.33. The number of nitrogens with one attached hydrogen (secondary N) is 1. The van der Waals surface area contributed by atoms with E-state index < -0.39 is 0 Å². The second-order valence-corrected chi connectivity index (χ2v) is 5.18. The van der Waals surface area contributed by atoms with Gasteiger partial charge >= 0.3 is 0 Å². The fourth-order valence-electron chi connectivity index (χ4n) is 2.33. The Morgan fingerprint density at radius 2 is 2.22 bits per heavy atom. The predicted molar refractivity (Wildman–Crippen MR) is 72.9 cm³/mol. The van der Waals surface area contributed by atoms with E-state index in [1.807, 2.05) is 19.1 Å². The minimum atomic E-state index is -0.274. The molecule has 0 spiro atoms. The zero-order chi connectivity index (χ0) is 13.1. The molecule has 1 fully saturated rings. The minimum Gasteiger partial charge on any atom is -0.368 e. The lowest BCUT2D eigenvalue weighted by Gasteiger charge is -2.18. The van der Waals surface area contributed by atoms with Crippen molar-refractivity contribution in [1.82, 2.24) is 0 Å². The van der Waals surface area contributed by atoms with Gasteiger partial charge in [0.1, 0.15) is 6.10 Å². The van der Waals surface area contributed by atoms with Gasteiger partial charge in [-0.05, 0) is 36.8 Å². The van der Waals surface area contributed by atoms with Crippen LogP contribution >= 0.6 is 0 Å². The topological polar surface area (TPSA) is 38.3 Å². The Hall–Kier alpha value is -1.35. The van der Waals surface area contributed by atoms with Gasteiger partial charge in [0, 0.05) is 12.3 Å². The number of carbonyl (C=O) groups is 1. The van der Waals surface area contributed by atoms with Crippen molar-refractivity contribution >= 4 is 11.6 Å². The van der Waals surface area contributed by atoms with Crippen LogP contribution in [0.4, 0.5) is 5.69 Å². The van der Waals surface area contributed by atoms with Crippen molar-refractivity contribution < 1.29 is 9.53 Å². The summed E-state index contributed by atoms with van der Waals surface area (Å²) in [7, 11) is 0. The third kappa shape index (κ3) is 2.72. The van der Waals surface area contributed by atoms with Crippen LogP contribution in [0.5, 0.6) is 0 Å². The molecule has 1 saturated heterocycles. The summed E-state index contributed by atoms with van der Waals surface area (Å²) >= 11 is 0. The molecule has 18 heavy (non-hydrogen) atoms. The third-order valence-electron chi connectivity index (χ3n) is 3.40. The summed E-state index contributed by atoms with van der Waals surface area (Å²) in [5, 5.41) is 3.04. The van der Waals surface area contributed by atoms with Crippen molar-refractivity contribution in [1.29, 1.82) is 0 Å². The average molecular weight is 247 g/mol. The molecule has 0 unspecified atom stereocenters. The highest BCUT2D eigenvalue weighted by molar-refractivity contribution is 5.95. The summed E-state index contributed by atoms with van der Waals surface area (Å²) in [5.74, 6) is 0.383. The quantitative estimate of drug-likeness (QED) is 0.890. The van der Waals surface area contributed by atoms with E-state index in [1.165, 1.54) is 5.56 Å². The van der Waals surface area contributed by atoms with Crippen molar-refractivity contribution in [2.24, 2.45) is 0 Å². The SMILES string of the molecule is Cc1cccc(C(C)C)c1NC(=O)[C@H]1CCCO1. The standard InChI is InChI=1S/C15H21NO2/c1-10(2)12-7-4-6-11(3)14(12)16-15(17)13-8-5-9-18-13/h4,6-7,10,13H,5,8-9H2,1-3H3,(H,16,17)/t13-/m1/s1. The van der Waals surface area contributed by atoms with E-state index in [4.69, 9.17) is 4.74 Å². The molecular formula is C15H21NO2. The summed E-state index contributed by atoms with van der Waals surface area (Å²) in [5.41, 5.74) is 3.24. The van der Waals surface area contributed by atoms with Crippen LogP contribution in [0.2, 0.25) is 0 Å². The number of aryl methyl sites for hydroxylation is 1. The normalized spacial score (nSPS) is 19.2. The Morgan fingerprint density at radius 3 is 2.83 bits per heavy atom. The number of hydrogen-bond donors (Lipinski definition) is 1. The van der Waals surface area contributed by atoms with Crippen LogP contribution in [-0.4, -0.2) is 18.6 Å². The summed E-state index contributed by atoms with van der Waals surface area (Å²) in [6, 6.07) is 6.13. The molecule has 1 aliphatic rings. The number of carbonyl (C=O) groups excluding carboxylic acids is 1. The predicted octanol–water partition coefficient (Wildman–Crippen LogP) is 3.24. The fraction of sp³-hybridized carbons (Fsp3) is 0.533. The first kappa shape index (κ1) is 13.1. The van der Waals surface area contributed by atoms with Crippen molar-refractivity contribution in [2.45, 2.75) is 45.6 Å². The Morgan fingerprint density at radius 1 is 1.44 bits per heavy atom. The van der Waals surface area contributed by atoms with E-state index in [9.17, 15) is 4.79 Å². The lowest BCUT2D eigenvalue weighted by molar-refractivity contribution is -0.124. The largest absolute Gasteiger partial charge is 0.368 e. The van der Waals surface area contributed by atoms with Gasteiger partial charge in [0.2, 0.25) is 0 Å². The number of amides is 1. The second-order valence-electron chi connectivity index (χ2n) is 5.18. The second kappa shape index (κ2) is 5.53. The molecule has 0 aromatic heterocycles. The molecule has 1 heterocycles. The van der Waals surface area contributed by atoms with E-state index in [0.29, 0.717) is 12.5 Å². The molecule has 2 rings (SSSR count). The Bertz CT molecular complexity index is 434. The number of rotatable bonds is 3. The van der Waals surface area contributed by atoms with Gasteiger partial charge in [-0.1, -0.05) is 32.0 Å². The minimum absolute atomic E-state index is 0.0105. The highest BCUT2D eigenvalue weighted by atomic mass is 16.5. The molecule has 0 aliphatic carbocycles. The molecule has 1 aromatic rings. The van der Waals surface area contributed by atoms with Gasteiger partial charge in [-0.2, -0.15) is 0 Å². The monoisotopic (exact) mass is 247 g/mol. The Kier molecular flexibility index (Phi) is 4.02. The van der Waals surface area contributed by atoms with E-state index in [0.717, 1.165) is 24.1 Å².